The van der Waals surface area contributed by atoms with Gasteiger partial charge in [0.25, 0.3) is 0 Å². The zero-order valence-electron chi connectivity index (χ0n) is 11.0. The summed E-state index contributed by atoms with van der Waals surface area (Å²) in [5.41, 5.74) is 0.166. The fourth-order valence-electron chi connectivity index (χ4n) is 2.46. The van der Waals surface area contributed by atoms with Crippen molar-refractivity contribution in [3.05, 3.63) is 23.5 Å². The molecule has 98 valence electrons. The molecule has 0 radical (unpaired) electrons. The third-order valence-corrected chi connectivity index (χ3v) is 3.46. The summed E-state index contributed by atoms with van der Waals surface area (Å²) in [6, 6.07) is -0.532. The number of carbonyl (C=O) groups is 2. The Morgan fingerprint density at radius 1 is 0.833 bits per heavy atom. The van der Waals surface area contributed by atoms with Crippen molar-refractivity contribution in [1.82, 2.24) is 21.3 Å². The fraction of sp³-hybridized carbons (Fsp3) is 0.500. The van der Waals surface area contributed by atoms with Crippen LogP contribution in [0.25, 0.3) is 0 Å². The fourth-order valence-corrected chi connectivity index (χ4v) is 2.46. The van der Waals surface area contributed by atoms with Crippen molar-refractivity contribution >= 4 is 12.1 Å². The van der Waals surface area contributed by atoms with Gasteiger partial charge in [-0.2, -0.15) is 0 Å². The molecule has 2 aliphatic rings. The molecule has 4 N–H and O–H groups in total. The summed E-state index contributed by atoms with van der Waals surface area (Å²) < 4.78 is 0. The van der Waals surface area contributed by atoms with Crippen molar-refractivity contribution in [2.75, 3.05) is 0 Å². The van der Waals surface area contributed by atoms with Crippen LogP contribution in [0.3, 0.4) is 0 Å². The van der Waals surface area contributed by atoms with Crippen LogP contribution >= 0.6 is 0 Å². The Kier molecular flexibility index (Phi) is 2.61. The lowest BCUT2D eigenvalue weighted by atomic mass is 9.76. The molecule has 0 bridgehead atoms. The van der Waals surface area contributed by atoms with Gasteiger partial charge in [-0.25, -0.2) is 9.59 Å². The van der Waals surface area contributed by atoms with Gasteiger partial charge in [0.15, 0.2) is 0 Å². The van der Waals surface area contributed by atoms with E-state index in [2.05, 4.69) is 21.3 Å². The van der Waals surface area contributed by atoms with E-state index < -0.39 is 11.1 Å². The van der Waals surface area contributed by atoms with Crippen LogP contribution in [0.15, 0.2) is 23.5 Å². The molecule has 0 aromatic carbocycles. The molecule has 2 aliphatic heterocycles. The Morgan fingerprint density at radius 2 is 1.17 bits per heavy atom. The van der Waals surface area contributed by atoms with E-state index in [1.54, 1.807) is 0 Å². The molecular weight excluding hydrogens is 232 g/mol. The molecule has 18 heavy (non-hydrogen) atoms. The quantitative estimate of drug-likeness (QED) is 0.558. The molecule has 0 unspecified atom stereocenters. The topological polar surface area (TPSA) is 82.3 Å². The van der Waals surface area contributed by atoms with Gasteiger partial charge in [0.1, 0.15) is 0 Å². The molecular formula is C12H18N4O2. The maximum atomic E-state index is 11.6. The van der Waals surface area contributed by atoms with Crippen molar-refractivity contribution in [2.24, 2.45) is 0 Å². The first-order chi connectivity index (χ1) is 8.24. The Labute approximate surface area is 106 Å². The molecule has 4 amide bonds. The highest BCUT2D eigenvalue weighted by Crippen LogP contribution is 2.30. The lowest BCUT2D eigenvalue weighted by Crippen LogP contribution is -2.71. The molecule has 0 aliphatic carbocycles. The number of amides is 4. The number of carbonyl (C=O) groups excluding carboxylic acids is 2. The molecule has 2 atom stereocenters. The minimum absolute atomic E-state index is 0.266. The average Bonchev–Trinajstić information content (AvgIpc) is 2.11. The molecule has 0 spiro atoms. The van der Waals surface area contributed by atoms with E-state index in [-0.39, 0.29) is 12.1 Å². The molecule has 0 aromatic heterocycles. The minimum atomic E-state index is -0.682. The second-order valence-electron chi connectivity index (χ2n) is 5.22. The summed E-state index contributed by atoms with van der Waals surface area (Å²) in [6.45, 7) is 7.40. The SMILES string of the molecule is CC1=C[C@](C)([C@]2(C)C=C(C)NC(=O)N2)NC(=O)N1. The maximum Gasteiger partial charge on any atom is 0.319 e. The van der Waals surface area contributed by atoms with Crippen molar-refractivity contribution in [3.63, 3.8) is 0 Å². The van der Waals surface area contributed by atoms with Gasteiger partial charge in [-0.15, -0.1) is 0 Å². The Morgan fingerprint density at radius 3 is 1.44 bits per heavy atom. The first-order valence-corrected chi connectivity index (χ1v) is 5.81. The smallest absolute Gasteiger partial charge is 0.319 e. The number of hydrogen-bond donors (Lipinski definition) is 4. The van der Waals surface area contributed by atoms with Gasteiger partial charge >= 0.3 is 12.1 Å². The summed E-state index contributed by atoms with van der Waals surface area (Å²) >= 11 is 0. The van der Waals surface area contributed by atoms with E-state index >= 15 is 0 Å². The van der Waals surface area contributed by atoms with E-state index in [4.69, 9.17) is 0 Å². The van der Waals surface area contributed by atoms with Gasteiger partial charge in [-0.1, -0.05) is 0 Å². The Balaban J connectivity index is 2.46. The molecule has 6 heteroatoms. The van der Waals surface area contributed by atoms with Gasteiger partial charge in [0, 0.05) is 11.4 Å². The molecule has 0 saturated heterocycles. The van der Waals surface area contributed by atoms with Crippen LogP contribution in [0.5, 0.6) is 0 Å². The predicted octanol–water partition coefficient (Wildman–Crippen LogP) is 0.937. The first-order valence-electron chi connectivity index (χ1n) is 5.81. The van der Waals surface area contributed by atoms with Crippen LogP contribution in [0.1, 0.15) is 27.7 Å². The van der Waals surface area contributed by atoms with Crippen molar-refractivity contribution in [2.45, 2.75) is 38.8 Å². The van der Waals surface area contributed by atoms with Gasteiger partial charge < -0.3 is 21.3 Å². The van der Waals surface area contributed by atoms with Crippen LogP contribution in [-0.2, 0) is 0 Å². The summed E-state index contributed by atoms with van der Waals surface area (Å²) in [6.07, 6.45) is 3.81. The highest BCUT2D eigenvalue weighted by atomic mass is 16.2. The monoisotopic (exact) mass is 250 g/mol. The highest BCUT2D eigenvalue weighted by Gasteiger charge is 2.47. The largest absolute Gasteiger partial charge is 0.326 e. The number of urea groups is 2. The van der Waals surface area contributed by atoms with Gasteiger partial charge in [-0.3, -0.25) is 0 Å². The highest BCUT2D eigenvalue weighted by molar-refractivity contribution is 5.82. The summed E-state index contributed by atoms with van der Waals surface area (Å²) in [5, 5.41) is 11.1. The molecule has 2 heterocycles. The second kappa shape index (κ2) is 3.76. The van der Waals surface area contributed by atoms with Crippen LogP contribution in [0.2, 0.25) is 0 Å². The van der Waals surface area contributed by atoms with Crippen LogP contribution in [0, 0.1) is 0 Å². The molecule has 2 rings (SSSR count). The average molecular weight is 250 g/mol. The zero-order chi connectivity index (χ0) is 13.6. The summed E-state index contributed by atoms with van der Waals surface area (Å²) in [7, 11) is 0. The van der Waals surface area contributed by atoms with Crippen molar-refractivity contribution < 1.29 is 9.59 Å². The van der Waals surface area contributed by atoms with Crippen molar-refractivity contribution in [1.29, 1.82) is 0 Å². The van der Waals surface area contributed by atoms with E-state index in [0.29, 0.717) is 0 Å². The van der Waals surface area contributed by atoms with Gasteiger partial charge in [0.05, 0.1) is 11.1 Å². The molecule has 0 saturated carbocycles. The standard InChI is InChI=1S/C12H18N4O2/c1-7-5-11(3,15-9(17)13-7)12(4)6-8(2)14-10(18)16-12/h5-6H,1-4H3,(H2,13,15,17)(H2,14,16,18)/t11-,12+. The summed E-state index contributed by atoms with van der Waals surface area (Å²) in [5.74, 6) is 0. The third kappa shape index (κ3) is 1.94. The van der Waals surface area contributed by atoms with Crippen LogP contribution < -0.4 is 21.3 Å². The van der Waals surface area contributed by atoms with E-state index in [0.717, 1.165) is 11.4 Å². The Bertz CT molecular complexity index is 438. The lowest BCUT2D eigenvalue weighted by molar-refractivity contribution is 0.195. The van der Waals surface area contributed by atoms with Gasteiger partial charge in [0.2, 0.25) is 0 Å². The first kappa shape index (κ1) is 12.5. The van der Waals surface area contributed by atoms with Crippen LogP contribution in [-0.4, -0.2) is 23.1 Å². The summed E-state index contributed by atoms with van der Waals surface area (Å²) in [4.78, 5) is 23.2. The number of hydrogen-bond acceptors (Lipinski definition) is 2. The number of rotatable bonds is 1. The lowest BCUT2D eigenvalue weighted by Gasteiger charge is -2.47. The number of nitrogens with one attached hydrogen (secondary N) is 4. The molecule has 6 nitrogen and oxygen atoms in total. The maximum absolute atomic E-state index is 11.6. The zero-order valence-corrected chi connectivity index (χ0v) is 11.0. The van der Waals surface area contributed by atoms with Crippen molar-refractivity contribution in [3.8, 4) is 0 Å². The van der Waals surface area contributed by atoms with Crippen LogP contribution in [0.4, 0.5) is 9.59 Å². The van der Waals surface area contributed by atoms with E-state index in [9.17, 15) is 9.59 Å². The Hall–Kier alpha value is -1.98. The number of allylic oxidation sites excluding steroid dienone is 2. The third-order valence-electron chi connectivity index (χ3n) is 3.46. The normalized spacial score (nSPS) is 35.6. The predicted molar refractivity (Wildman–Crippen MR) is 67.7 cm³/mol. The second-order valence-corrected chi connectivity index (χ2v) is 5.22. The molecule has 0 aromatic rings. The van der Waals surface area contributed by atoms with E-state index in [1.165, 1.54) is 0 Å². The minimum Gasteiger partial charge on any atom is -0.326 e. The molecule has 0 fully saturated rings. The van der Waals surface area contributed by atoms with E-state index in [1.807, 2.05) is 39.8 Å². The van der Waals surface area contributed by atoms with Gasteiger partial charge in [-0.05, 0) is 39.8 Å².